The number of nitro groups is 1. The number of nitrogen functional groups attached to an aromatic ring is 1. The maximum absolute atomic E-state index is 12.4. The van der Waals surface area contributed by atoms with Gasteiger partial charge >= 0.3 is 0 Å². The van der Waals surface area contributed by atoms with E-state index in [1.54, 1.807) is 12.1 Å². The third-order valence-corrected chi connectivity index (χ3v) is 3.22. The van der Waals surface area contributed by atoms with Crippen LogP contribution < -0.4 is 15.8 Å². The van der Waals surface area contributed by atoms with Crippen molar-refractivity contribution in [2.45, 2.75) is 20.0 Å². The number of nitrogens with zero attached hydrogens (tertiary/aromatic N) is 2. The van der Waals surface area contributed by atoms with Gasteiger partial charge < -0.3 is 15.8 Å². The number of nitriles is 1. The summed E-state index contributed by atoms with van der Waals surface area (Å²) < 4.78 is 5.51. The molecule has 0 bridgehead atoms. The summed E-state index contributed by atoms with van der Waals surface area (Å²) in [5, 5.41) is 22.8. The third-order valence-electron chi connectivity index (χ3n) is 3.22. The van der Waals surface area contributed by atoms with E-state index in [0.29, 0.717) is 11.4 Å². The maximum Gasteiger partial charge on any atom is 0.284 e. The Balaban J connectivity index is 2.34. The predicted molar refractivity (Wildman–Crippen MR) is 92.4 cm³/mol. The molecular formula is C17H16N4O4. The molecule has 0 aliphatic rings. The van der Waals surface area contributed by atoms with Gasteiger partial charge in [0.15, 0.2) is 0 Å². The van der Waals surface area contributed by atoms with E-state index in [1.807, 2.05) is 19.9 Å². The van der Waals surface area contributed by atoms with Gasteiger partial charge in [0.1, 0.15) is 17.4 Å². The summed E-state index contributed by atoms with van der Waals surface area (Å²) in [6, 6.07) is 10.5. The normalized spacial score (nSPS) is 10.2. The zero-order valence-electron chi connectivity index (χ0n) is 13.6. The van der Waals surface area contributed by atoms with Crippen LogP contribution in [0.5, 0.6) is 5.75 Å². The number of nitrogens with one attached hydrogen (secondary N) is 1. The molecule has 0 saturated heterocycles. The fourth-order valence-electron chi connectivity index (χ4n) is 2.20. The molecular weight excluding hydrogens is 324 g/mol. The van der Waals surface area contributed by atoms with Crippen LogP contribution in [0.3, 0.4) is 0 Å². The average molecular weight is 340 g/mol. The Kier molecular flexibility index (Phi) is 5.19. The summed E-state index contributed by atoms with van der Waals surface area (Å²) in [7, 11) is 0. The van der Waals surface area contributed by atoms with Crippen molar-refractivity contribution in [2.24, 2.45) is 0 Å². The van der Waals surface area contributed by atoms with Crippen molar-refractivity contribution in [3.63, 3.8) is 0 Å². The number of hydrogen-bond acceptors (Lipinski definition) is 6. The molecule has 25 heavy (non-hydrogen) atoms. The fraction of sp³-hybridized carbons (Fsp3) is 0.176. The number of benzene rings is 2. The molecule has 0 atom stereocenters. The number of ether oxygens (including phenoxy) is 1. The lowest BCUT2D eigenvalue weighted by atomic mass is 10.1. The van der Waals surface area contributed by atoms with Crippen molar-refractivity contribution in [3.8, 4) is 11.8 Å². The average Bonchev–Trinajstić information content (AvgIpc) is 2.55. The van der Waals surface area contributed by atoms with Crippen LogP contribution in [0, 0.1) is 21.4 Å². The van der Waals surface area contributed by atoms with Gasteiger partial charge in [-0.1, -0.05) is 6.07 Å². The number of rotatable bonds is 5. The first-order valence-electron chi connectivity index (χ1n) is 7.38. The fourth-order valence-corrected chi connectivity index (χ4v) is 2.20. The van der Waals surface area contributed by atoms with Crippen molar-refractivity contribution in [1.82, 2.24) is 0 Å². The van der Waals surface area contributed by atoms with Crippen LogP contribution in [0.25, 0.3) is 0 Å². The Morgan fingerprint density at radius 2 is 2.08 bits per heavy atom. The van der Waals surface area contributed by atoms with Gasteiger partial charge in [-0.3, -0.25) is 14.9 Å². The first kappa shape index (κ1) is 17.7. The second-order valence-corrected chi connectivity index (χ2v) is 5.44. The molecule has 0 aromatic heterocycles. The molecule has 0 aliphatic heterocycles. The molecule has 8 nitrogen and oxygen atoms in total. The maximum atomic E-state index is 12.4. The van der Waals surface area contributed by atoms with Gasteiger partial charge in [0.05, 0.1) is 22.3 Å². The number of amides is 1. The zero-order valence-corrected chi connectivity index (χ0v) is 13.6. The highest BCUT2D eigenvalue weighted by atomic mass is 16.6. The molecule has 2 aromatic rings. The monoisotopic (exact) mass is 340 g/mol. The van der Waals surface area contributed by atoms with Crippen LogP contribution in [0.15, 0.2) is 36.4 Å². The van der Waals surface area contributed by atoms with Gasteiger partial charge in [-0.05, 0) is 38.1 Å². The lowest BCUT2D eigenvalue weighted by Gasteiger charge is -2.13. The van der Waals surface area contributed by atoms with E-state index in [4.69, 9.17) is 10.5 Å². The van der Waals surface area contributed by atoms with E-state index < -0.39 is 16.5 Å². The highest BCUT2D eigenvalue weighted by molar-refractivity contribution is 6.10. The molecule has 0 aliphatic carbocycles. The summed E-state index contributed by atoms with van der Waals surface area (Å²) in [5.74, 6) is -0.341. The number of nitro benzene ring substituents is 1. The predicted octanol–water partition coefficient (Wildman–Crippen LogP) is 3.09. The van der Waals surface area contributed by atoms with Gasteiger partial charge in [-0.2, -0.15) is 5.26 Å². The topological polar surface area (TPSA) is 131 Å². The van der Waals surface area contributed by atoms with Crippen LogP contribution >= 0.6 is 0 Å². The molecule has 2 rings (SSSR count). The second-order valence-electron chi connectivity index (χ2n) is 5.44. The van der Waals surface area contributed by atoms with Gasteiger partial charge in [-0.15, -0.1) is 0 Å². The summed E-state index contributed by atoms with van der Waals surface area (Å²) >= 11 is 0. The molecule has 128 valence electrons. The van der Waals surface area contributed by atoms with Crippen molar-refractivity contribution >= 4 is 23.0 Å². The van der Waals surface area contributed by atoms with Gasteiger partial charge in [0.2, 0.25) is 0 Å². The lowest BCUT2D eigenvalue weighted by Crippen LogP contribution is -2.16. The first-order chi connectivity index (χ1) is 11.8. The van der Waals surface area contributed by atoms with Crippen LogP contribution in [0.4, 0.5) is 17.1 Å². The Hall–Kier alpha value is -3.60. The summed E-state index contributed by atoms with van der Waals surface area (Å²) in [6.45, 7) is 3.66. The quantitative estimate of drug-likeness (QED) is 0.488. The molecule has 8 heteroatoms. The largest absolute Gasteiger partial charge is 0.490 e. The molecule has 0 saturated carbocycles. The van der Waals surface area contributed by atoms with E-state index >= 15 is 0 Å². The smallest absolute Gasteiger partial charge is 0.284 e. The molecule has 0 spiro atoms. The number of carbonyl (C=O) groups is 1. The van der Waals surface area contributed by atoms with E-state index in [2.05, 4.69) is 5.32 Å². The Bertz CT molecular complexity index is 871. The van der Waals surface area contributed by atoms with Gasteiger partial charge in [-0.25, -0.2) is 0 Å². The third kappa shape index (κ3) is 4.03. The molecule has 0 unspecified atom stereocenters. The van der Waals surface area contributed by atoms with Crippen molar-refractivity contribution in [1.29, 1.82) is 5.26 Å². The van der Waals surface area contributed by atoms with Crippen LogP contribution in [-0.2, 0) is 0 Å². The molecule has 0 heterocycles. The van der Waals surface area contributed by atoms with E-state index in [-0.39, 0.29) is 22.9 Å². The number of nitrogens with two attached hydrogens (primary N) is 1. The SMILES string of the molecule is CC(C)Oc1ccc(NC(=O)c2c(N)cccc2[N+](=O)[O-])cc1C#N. The van der Waals surface area contributed by atoms with Gasteiger partial charge in [0.25, 0.3) is 11.6 Å². The highest BCUT2D eigenvalue weighted by Gasteiger charge is 2.23. The second kappa shape index (κ2) is 7.31. The minimum Gasteiger partial charge on any atom is -0.490 e. The molecule has 2 aromatic carbocycles. The molecule has 0 radical (unpaired) electrons. The van der Waals surface area contributed by atoms with Crippen LogP contribution in [0.2, 0.25) is 0 Å². The molecule has 1 amide bonds. The Morgan fingerprint density at radius 1 is 1.36 bits per heavy atom. The van der Waals surface area contributed by atoms with Crippen molar-refractivity contribution in [2.75, 3.05) is 11.1 Å². The van der Waals surface area contributed by atoms with Crippen LogP contribution in [0.1, 0.15) is 29.8 Å². The Morgan fingerprint density at radius 3 is 2.68 bits per heavy atom. The number of hydrogen-bond donors (Lipinski definition) is 2. The summed E-state index contributed by atoms with van der Waals surface area (Å²) in [5.41, 5.74) is 5.62. The van der Waals surface area contributed by atoms with E-state index in [1.165, 1.54) is 24.3 Å². The number of anilines is 2. The minimum absolute atomic E-state index is 0.00744. The first-order valence-corrected chi connectivity index (χ1v) is 7.38. The van der Waals surface area contributed by atoms with E-state index in [0.717, 1.165) is 0 Å². The lowest BCUT2D eigenvalue weighted by molar-refractivity contribution is -0.385. The van der Waals surface area contributed by atoms with Crippen molar-refractivity contribution < 1.29 is 14.5 Å². The van der Waals surface area contributed by atoms with Crippen LogP contribution in [-0.4, -0.2) is 16.9 Å². The zero-order chi connectivity index (χ0) is 18.6. The van der Waals surface area contributed by atoms with Gasteiger partial charge in [0, 0.05) is 11.8 Å². The molecule has 3 N–H and O–H groups in total. The molecule has 0 fully saturated rings. The summed E-state index contributed by atoms with van der Waals surface area (Å²) in [4.78, 5) is 22.8. The minimum atomic E-state index is -0.730. The number of carbonyl (C=O) groups excluding carboxylic acids is 1. The van der Waals surface area contributed by atoms with Crippen molar-refractivity contribution in [3.05, 3.63) is 57.6 Å². The summed E-state index contributed by atoms with van der Waals surface area (Å²) in [6.07, 6.45) is -0.112. The highest BCUT2D eigenvalue weighted by Crippen LogP contribution is 2.27. The van der Waals surface area contributed by atoms with E-state index in [9.17, 15) is 20.2 Å². The Labute approximate surface area is 144 Å². The standard InChI is InChI=1S/C17H16N4O4/c1-10(2)25-15-7-6-12(8-11(15)9-18)20-17(22)16-13(19)4-3-5-14(16)21(23)24/h3-8,10H,19H2,1-2H3,(H,20,22).